The second kappa shape index (κ2) is 9.31. The Balaban J connectivity index is 0.00000137. The summed E-state index contributed by atoms with van der Waals surface area (Å²) in [5.74, 6) is -0.330. The Labute approximate surface area is 115 Å². The molecule has 0 fully saturated rings. The molecular formula is C14H24ClFN2. The topological polar surface area (TPSA) is 52.0 Å². The van der Waals surface area contributed by atoms with Gasteiger partial charge in [0, 0.05) is 12.6 Å². The maximum atomic E-state index is 13.2. The highest BCUT2D eigenvalue weighted by molar-refractivity contribution is 6.30. The van der Waals surface area contributed by atoms with Gasteiger partial charge < -0.3 is 11.5 Å². The second-order valence-electron chi connectivity index (χ2n) is 4.10. The van der Waals surface area contributed by atoms with Gasteiger partial charge in [0.05, 0.1) is 5.02 Å². The van der Waals surface area contributed by atoms with Crippen LogP contribution in [0.5, 0.6) is 0 Å². The van der Waals surface area contributed by atoms with Gasteiger partial charge in [-0.25, -0.2) is 4.39 Å². The fraction of sp³-hybridized carbons (Fsp3) is 0.571. The van der Waals surface area contributed by atoms with E-state index < -0.39 is 0 Å². The lowest BCUT2D eigenvalue weighted by molar-refractivity contribution is 0.588. The minimum atomic E-state index is -0.330. The maximum absolute atomic E-state index is 13.2. The van der Waals surface area contributed by atoms with Crippen molar-refractivity contribution in [1.82, 2.24) is 0 Å². The van der Waals surface area contributed by atoms with Crippen molar-refractivity contribution >= 4 is 11.6 Å². The zero-order valence-corrected chi connectivity index (χ0v) is 12.2. The Bertz CT molecular complexity index is 333. The SMILES string of the molecule is CC.Cc1cc(CCCC(N)CN)cc(Cl)c1F. The molecule has 1 rings (SSSR count). The van der Waals surface area contributed by atoms with Gasteiger partial charge in [-0.15, -0.1) is 0 Å². The molecule has 0 amide bonds. The van der Waals surface area contributed by atoms with Crippen LogP contribution in [0, 0.1) is 12.7 Å². The van der Waals surface area contributed by atoms with E-state index in [1.54, 1.807) is 13.0 Å². The van der Waals surface area contributed by atoms with Crippen LogP contribution in [-0.2, 0) is 6.42 Å². The molecule has 2 nitrogen and oxygen atoms in total. The van der Waals surface area contributed by atoms with E-state index in [0.29, 0.717) is 12.1 Å². The molecule has 0 aliphatic carbocycles. The summed E-state index contributed by atoms with van der Waals surface area (Å²) < 4.78 is 13.2. The molecule has 0 aliphatic rings. The lowest BCUT2D eigenvalue weighted by Gasteiger charge is -2.09. The normalized spacial score (nSPS) is 11.7. The molecule has 0 radical (unpaired) electrons. The number of benzene rings is 1. The molecule has 4 N–H and O–H groups in total. The predicted octanol–water partition coefficient (Wildman–Crippen LogP) is 3.42. The molecule has 1 atom stereocenters. The van der Waals surface area contributed by atoms with E-state index in [9.17, 15) is 4.39 Å². The quantitative estimate of drug-likeness (QED) is 0.864. The average Bonchev–Trinajstić information content (AvgIpc) is 2.38. The molecule has 1 aromatic carbocycles. The Hall–Kier alpha value is -0.640. The van der Waals surface area contributed by atoms with Crippen molar-refractivity contribution in [3.05, 3.63) is 34.1 Å². The summed E-state index contributed by atoms with van der Waals surface area (Å²) in [7, 11) is 0. The molecule has 1 unspecified atom stereocenters. The van der Waals surface area contributed by atoms with E-state index in [1.165, 1.54) is 0 Å². The van der Waals surface area contributed by atoms with Gasteiger partial charge in [-0.1, -0.05) is 31.5 Å². The second-order valence-corrected chi connectivity index (χ2v) is 4.50. The van der Waals surface area contributed by atoms with Gasteiger partial charge in [0.2, 0.25) is 0 Å². The molecule has 0 aliphatic heterocycles. The first kappa shape index (κ1) is 17.4. The molecule has 1 aromatic rings. The largest absolute Gasteiger partial charge is 0.329 e. The van der Waals surface area contributed by atoms with Crippen molar-refractivity contribution in [3.8, 4) is 0 Å². The lowest BCUT2D eigenvalue weighted by Crippen LogP contribution is -2.29. The van der Waals surface area contributed by atoms with Gasteiger partial charge in [0.1, 0.15) is 5.82 Å². The van der Waals surface area contributed by atoms with Crippen molar-refractivity contribution in [3.63, 3.8) is 0 Å². The van der Waals surface area contributed by atoms with E-state index in [4.69, 9.17) is 23.1 Å². The van der Waals surface area contributed by atoms with Crippen LogP contribution in [0.25, 0.3) is 0 Å². The monoisotopic (exact) mass is 274 g/mol. The Kier molecular flexibility index (Phi) is 8.98. The number of hydrogen-bond donors (Lipinski definition) is 2. The molecule has 0 bridgehead atoms. The average molecular weight is 275 g/mol. The van der Waals surface area contributed by atoms with Crippen molar-refractivity contribution < 1.29 is 4.39 Å². The van der Waals surface area contributed by atoms with Gasteiger partial charge in [0.25, 0.3) is 0 Å². The molecular weight excluding hydrogens is 251 g/mol. The Morgan fingerprint density at radius 3 is 2.44 bits per heavy atom. The summed E-state index contributed by atoms with van der Waals surface area (Å²) in [5.41, 5.74) is 12.8. The Morgan fingerprint density at radius 2 is 1.94 bits per heavy atom. The van der Waals surface area contributed by atoms with Gasteiger partial charge in [-0.3, -0.25) is 0 Å². The van der Waals surface area contributed by atoms with Crippen molar-refractivity contribution in [2.24, 2.45) is 11.5 Å². The zero-order valence-electron chi connectivity index (χ0n) is 11.5. The minimum absolute atomic E-state index is 0.0528. The molecule has 0 heterocycles. The van der Waals surface area contributed by atoms with Crippen molar-refractivity contribution in [1.29, 1.82) is 0 Å². The summed E-state index contributed by atoms with van der Waals surface area (Å²) in [6.45, 7) is 6.22. The highest BCUT2D eigenvalue weighted by Crippen LogP contribution is 2.21. The highest BCUT2D eigenvalue weighted by atomic mass is 35.5. The van der Waals surface area contributed by atoms with Gasteiger partial charge in [-0.2, -0.15) is 0 Å². The van der Waals surface area contributed by atoms with Gasteiger partial charge >= 0.3 is 0 Å². The standard InChI is InChI=1S/C12H18ClFN2.C2H6/c1-8-5-9(6-11(13)12(8)14)3-2-4-10(16)7-15;1-2/h5-6,10H,2-4,7,15-16H2,1H3;1-2H3. The predicted molar refractivity (Wildman–Crippen MR) is 77.5 cm³/mol. The minimum Gasteiger partial charge on any atom is -0.329 e. The van der Waals surface area contributed by atoms with Gasteiger partial charge in [0.15, 0.2) is 0 Å². The number of halogens is 2. The first-order chi connectivity index (χ1) is 8.54. The summed E-state index contributed by atoms with van der Waals surface area (Å²) in [6, 6.07) is 3.56. The van der Waals surface area contributed by atoms with E-state index in [-0.39, 0.29) is 16.9 Å². The first-order valence-corrected chi connectivity index (χ1v) is 6.82. The van der Waals surface area contributed by atoms with Crippen LogP contribution in [0.1, 0.15) is 37.8 Å². The van der Waals surface area contributed by atoms with Crippen molar-refractivity contribution in [2.75, 3.05) is 6.54 Å². The fourth-order valence-electron chi connectivity index (χ4n) is 1.63. The van der Waals surface area contributed by atoms with E-state index in [1.807, 2.05) is 19.9 Å². The summed E-state index contributed by atoms with van der Waals surface area (Å²) >= 11 is 5.77. The summed E-state index contributed by atoms with van der Waals surface area (Å²) in [5, 5.41) is 0.193. The van der Waals surface area contributed by atoms with Crippen molar-refractivity contribution in [2.45, 2.75) is 46.1 Å². The van der Waals surface area contributed by atoms with Crippen LogP contribution < -0.4 is 11.5 Å². The van der Waals surface area contributed by atoms with Crippen LogP contribution >= 0.6 is 11.6 Å². The molecule has 18 heavy (non-hydrogen) atoms. The number of nitrogens with two attached hydrogens (primary N) is 2. The third-order valence-corrected chi connectivity index (χ3v) is 2.89. The van der Waals surface area contributed by atoms with Crippen LogP contribution in [-0.4, -0.2) is 12.6 Å². The molecule has 4 heteroatoms. The third kappa shape index (κ3) is 5.80. The molecule has 0 aromatic heterocycles. The number of hydrogen-bond acceptors (Lipinski definition) is 2. The van der Waals surface area contributed by atoms with E-state index in [0.717, 1.165) is 24.8 Å². The van der Waals surface area contributed by atoms with E-state index in [2.05, 4.69) is 0 Å². The maximum Gasteiger partial charge on any atom is 0.144 e. The first-order valence-electron chi connectivity index (χ1n) is 6.44. The van der Waals surface area contributed by atoms with Crippen LogP contribution in [0.15, 0.2) is 12.1 Å². The lowest BCUT2D eigenvalue weighted by atomic mass is 10.0. The number of rotatable bonds is 5. The van der Waals surface area contributed by atoms with Crippen LogP contribution in [0.2, 0.25) is 5.02 Å². The number of aryl methyl sites for hydroxylation is 2. The molecule has 0 saturated carbocycles. The molecule has 104 valence electrons. The smallest absolute Gasteiger partial charge is 0.144 e. The molecule has 0 spiro atoms. The van der Waals surface area contributed by atoms with Crippen LogP contribution in [0.4, 0.5) is 4.39 Å². The summed E-state index contributed by atoms with van der Waals surface area (Å²) in [4.78, 5) is 0. The van der Waals surface area contributed by atoms with Gasteiger partial charge in [-0.05, 0) is 43.4 Å². The van der Waals surface area contributed by atoms with E-state index >= 15 is 0 Å². The Morgan fingerprint density at radius 1 is 1.33 bits per heavy atom. The van der Waals surface area contributed by atoms with Crippen LogP contribution in [0.3, 0.4) is 0 Å². The third-order valence-electron chi connectivity index (χ3n) is 2.61. The highest BCUT2D eigenvalue weighted by Gasteiger charge is 2.06. The molecule has 0 saturated heterocycles. The summed E-state index contributed by atoms with van der Waals surface area (Å²) in [6.07, 6.45) is 2.68. The zero-order chi connectivity index (χ0) is 14.1. The fourth-order valence-corrected chi connectivity index (χ4v) is 1.92.